The van der Waals surface area contributed by atoms with Crippen LogP contribution in [0.3, 0.4) is 0 Å². The Morgan fingerprint density at radius 1 is 1.36 bits per heavy atom. The lowest BCUT2D eigenvalue weighted by molar-refractivity contribution is -0.573. The highest BCUT2D eigenvalue weighted by atomic mass is 16.6. The lowest BCUT2D eigenvalue weighted by atomic mass is 9.84. The number of nitro groups is 1. The average Bonchev–Trinajstić information content (AvgIpc) is 1.87. The Labute approximate surface area is 66.1 Å². The zero-order valence-electron chi connectivity index (χ0n) is 7.34. The first-order valence-electron chi connectivity index (χ1n) is 3.38. The van der Waals surface area contributed by atoms with Gasteiger partial charge >= 0.3 is 0 Å². The van der Waals surface area contributed by atoms with Gasteiger partial charge in [0, 0.05) is 18.8 Å². The van der Waals surface area contributed by atoms with Gasteiger partial charge in [-0.2, -0.15) is 0 Å². The fourth-order valence-electron chi connectivity index (χ4n) is 0.405. The van der Waals surface area contributed by atoms with Gasteiger partial charge in [0.1, 0.15) is 0 Å². The van der Waals surface area contributed by atoms with Gasteiger partial charge in [0.25, 0.3) is 0 Å². The van der Waals surface area contributed by atoms with Crippen LogP contribution in [0.25, 0.3) is 0 Å². The Kier molecular flexibility index (Phi) is 2.58. The summed E-state index contributed by atoms with van der Waals surface area (Å²) in [6.07, 6.45) is 0. The first kappa shape index (κ1) is 10.3. The summed E-state index contributed by atoms with van der Waals surface area (Å²) in [5.74, 6) is 5.18. The Morgan fingerprint density at radius 2 is 1.73 bits per heavy atom. The van der Waals surface area contributed by atoms with Crippen molar-refractivity contribution in [3.05, 3.63) is 10.1 Å². The first-order chi connectivity index (χ1) is 4.75. The monoisotopic (exact) mass is 161 g/mol. The van der Waals surface area contributed by atoms with Crippen LogP contribution in [0.15, 0.2) is 0 Å². The van der Waals surface area contributed by atoms with Crippen molar-refractivity contribution in [1.82, 2.24) is 5.43 Å². The van der Waals surface area contributed by atoms with Gasteiger partial charge in [-0.25, -0.2) is 5.43 Å². The van der Waals surface area contributed by atoms with Crippen molar-refractivity contribution in [2.75, 3.05) is 0 Å². The molecule has 0 atom stereocenters. The number of rotatable bonds is 3. The van der Waals surface area contributed by atoms with Crippen LogP contribution in [0.1, 0.15) is 27.7 Å². The highest BCUT2D eigenvalue weighted by Gasteiger charge is 2.47. The van der Waals surface area contributed by atoms with Crippen LogP contribution in [0.2, 0.25) is 0 Å². The van der Waals surface area contributed by atoms with Crippen molar-refractivity contribution < 1.29 is 4.92 Å². The van der Waals surface area contributed by atoms with E-state index in [2.05, 4.69) is 5.43 Å². The maximum atomic E-state index is 10.5. The van der Waals surface area contributed by atoms with E-state index in [1.165, 1.54) is 13.8 Å². The summed E-state index contributed by atoms with van der Waals surface area (Å²) in [6.45, 7) is 6.45. The molecule has 0 aromatic heterocycles. The third kappa shape index (κ3) is 1.66. The van der Waals surface area contributed by atoms with E-state index in [-0.39, 0.29) is 4.92 Å². The molecule has 0 rings (SSSR count). The molecule has 0 aromatic carbocycles. The predicted octanol–water partition coefficient (Wildman–Crippen LogP) is 0.284. The van der Waals surface area contributed by atoms with Crippen LogP contribution in [0, 0.1) is 10.1 Å². The molecular weight excluding hydrogens is 146 g/mol. The Balaban J connectivity index is 4.67. The molecule has 5 nitrogen and oxygen atoms in total. The number of hydrazine groups is 1. The summed E-state index contributed by atoms with van der Waals surface area (Å²) < 4.78 is 0. The quantitative estimate of drug-likeness (QED) is 0.354. The molecule has 0 amide bonds. The second kappa shape index (κ2) is 2.75. The summed E-state index contributed by atoms with van der Waals surface area (Å²) in [4.78, 5) is 10.2. The van der Waals surface area contributed by atoms with E-state index in [0.29, 0.717) is 0 Å². The first-order valence-corrected chi connectivity index (χ1v) is 3.38. The summed E-state index contributed by atoms with van der Waals surface area (Å²) in [5.41, 5.74) is 0.642. The number of nitrogens with two attached hydrogens (primary N) is 1. The fraction of sp³-hybridized carbons (Fsp3) is 1.00. The van der Waals surface area contributed by atoms with E-state index in [4.69, 9.17) is 5.84 Å². The number of nitrogens with one attached hydrogen (secondary N) is 1. The van der Waals surface area contributed by atoms with E-state index in [1.54, 1.807) is 13.8 Å². The minimum atomic E-state index is -1.07. The Bertz CT molecular complexity index is 165. The topological polar surface area (TPSA) is 81.2 Å². The Morgan fingerprint density at radius 3 is 1.82 bits per heavy atom. The zero-order valence-corrected chi connectivity index (χ0v) is 7.34. The zero-order chi connectivity index (χ0) is 9.28. The molecule has 11 heavy (non-hydrogen) atoms. The number of nitrogens with zero attached hydrogens (tertiary/aromatic N) is 1. The van der Waals surface area contributed by atoms with E-state index < -0.39 is 11.1 Å². The predicted molar refractivity (Wildman–Crippen MR) is 42.5 cm³/mol. The smallest absolute Gasteiger partial charge is 0.235 e. The molecule has 0 saturated heterocycles. The highest BCUT2D eigenvalue weighted by Crippen LogP contribution is 2.22. The molecule has 3 N–H and O–H groups in total. The van der Waals surface area contributed by atoms with Gasteiger partial charge < -0.3 is 0 Å². The normalized spacial score (nSPS) is 13.2. The largest absolute Gasteiger partial charge is 0.271 e. The molecule has 0 fully saturated rings. The molecule has 0 aliphatic rings. The molecule has 0 aliphatic carbocycles. The second-order valence-electron chi connectivity index (χ2n) is 3.59. The van der Waals surface area contributed by atoms with Gasteiger partial charge in [-0.05, 0) is 13.8 Å². The molecule has 0 radical (unpaired) electrons. The van der Waals surface area contributed by atoms with Crippen LogP contribution in [-0.4, -0.2) is 16.0 Å². The van der Waals surface area contributed by atoms with Crippen molar-refractivity contribution in [2.24, 2.45) is 5.84 Å². The van der Waals surface area contributed by atoms with Gasteiger partial charge in [-0.3, -0.25) is 16.0 Å². The number of hydrogen-bond donors (Lipinski definition) is 2. The van der Waals surface area contributed by atoms with Crippen LogP contribution >= 0.6 is 0 Å². The maximum Gasteiger partial charge on any atom is 0.235 e. The molecule has 0 unspecified atom stereocenters. The average molecular weight is 161 g/mol. The minimum absolute atomic E-state index is 0.340. The SMILES string of the molecule is CC(C)(NN)C(C)(C)[N+](=O)[O-]. The molecule has 0 heterocycles. The third-order valence-corrected chi connectivity index (χ3v) is 2.35. The molecule has 0 aliphatic heterocycles. The molecule has 0 aromatic rings. The molecular formula is C6H15N3O2. The molecule has 0 saturated carbocycles. The van der Waals surface area contributed by atoms with Crippen molar-refractivity contribution in [2.45, 2.75) is 38.8 Å². The summed E-state index contributed by atoms with van der Waals surface area (Å²) in [5, 5.41) is 10.5. The van der Waals surface area contributed by atoms with E-state index in [1.807, 2.05) is 0 Å². The molecule has 0 spiro atoms. The van der Waals surface area contributed by atoms with Crippen molar-refractivity contribution in [3.8, 4) is 0 Å². The van der Waals surface area contributed by atoms with Gasteiger partial charge in [-0.1, -0.05) is 0 Å². The van der Waals surface area contributed by atoms with E-state index in [0.717, 1.165) is 0 Å². The molecule has 5 heteroatoms. The Hall–Kier alpha value is -0.680. The third-order valence-electron chi connectivity index (χ3n) is 2.35. The maximum absolute atomic E-state index is 10.5. The van der Waals surface area contributed by atoms with Gasteiger partial charge in [0.15, 0.2) is 0 Å². The molecule has 66 valence electrons. The summed E-state index contributed by atoms with van der Waals surface area (Å²) in [7, 11) is 0. The van der Waals surface area contributed by atoms with Crippen molar-refractivity contribution in [1.29, 1.82) is 0 Å². The molecule has 0 bridgehead atoms. The van der Waals surface area contributed by atoms with Crippen LogP contribution in [0.5, 0.6) is 0 Å². The highest BCUT2D eigenvalue weighted by molar-refractivity contribution is 4.92. The lowest BCUT2D eigenvalue weighted by Crippen LogP contribution is -2.62. The van der Waals surface area contributed by atoms with Crippen LogP contribution in [-0.2, 0) is 0 Å². The summed E-state index contributed by atoms with van der Waals surface area (Å²) >= 11 is 0. The lowest BCUT2D eigenvalue weighted by Gasteiger charge is -2.32. The second-order valence-corrected chi connectivity index (χ2v) is 3.59. The standard InChI is InChI=1S/C6H15N3O2/c1-5(2,8-7)6(3,4)9(10)11/h8H,7H2,1-4H3. The van der Waals surface area contributed by atoms with Gasteiger partial charge in [0.05, 0.1) is 5.54 Å². The fourth-order valence-corrected chi connectivity index (χ4v) is 0.405. The van der Waals surface area contributed by atoms with Gasteiger partial charge in [-0.15, -0.1) is 0 Å². The van der Waals surface area contributed by atoms with E-state index >= 15 is 0 Å². The van der Waals surface area contributed by atoms with Crippen molar-refractivity contribution >= 4 is 0 Å². The summed E-state index contributed by atoms with van der Waals surface area (Å²) in [6, 6.07) is 0. The van der Waals surface area contributed by atoms with Crippen LogP contribution < -0.4 is 11.3 Å². The van der Waals surface area contributed by atoms with Crippen LogP contribution in [0.4, 0.5) is 0 Å². The minimum Gasteiger partial charge on any atom is -0.271 e. The number of hydrogen-bond acceptors (Lipinski definition) is 4. The van der Waals surface area contributed by atoms with Crippen molar-refractivity contribution in [3.63, 3.8) is 0 Å². The van der Waals surface area contributed by atoms with Gasteiger partial charge in [0.2, 0.25) is 5.54 Å². The van der Waals surface area contributed by atoms with E-state index in [9.17, 15) is 10.1 Å².